The minimum Gasteiger partial charge on any atom is -0.457 e. The maximum absolute atomic E-state index is 6.81. The van der Waals surface area contributed by atoms with Crippen molar-refractivity contribution >= 4 is 44.6 Å². The minimum absolute atomic E-state index is 0.0207. The molecule has 0 bridgehead atoms. The van der Waals surface area contributed by atoms with Gasteiger partial charge in [-0.05, 0) is 128 Å². The molecule has 0 saturated carbocycles. The van der Waals surface area contributed by atoms with Crippen molar-refractivity contribution in [3.63, 3.8) is 0 Å². The van der Waals surface area contributed by atoms with Gasteiger partial charge in [0.2, 0.25) is 0 Å². The van der Waals surface area contributed by atoms with Crippen molar-refractivity contribution in [1.29, 1.82) is 0 Å². The van der Waals surface area contributed by atoms with Crippen molar-refractivity contribution in [3.8, 4) is 28.4 Å². The highest BCUT2D eigenvalue weighted by Gasteiger charge is 2.30. The zero-order chi connectivity index (χ0) is 44.6. The Hall–Kier alpha value is -6.33. The lowest BCUT2D eigenvalue weighted by Crippen LogP contribution is -2.25. The summed E-state index contributed by atoms with van der Waals surface area (Å²) in [6.45, 7) is 28.0. The molecule has 0 spiro atoms. The number of fused-ring (bicyclic) bond motifs is 4. The second-order valence-corrected chi connectivity index (χ2v) is 21.6. The summed E-state index contributed by atoms with van der Waals surface area (Å²) >= 11 is 0. The van der Waals surface area contributed by atoms with Crippen LogP contribution >= 0.6 is 0 Å². The highest BCUT2D eigenvalue weighted by molar-refractivity contribution is 6.10. The monoisotopic (exact) mass is 830 g/mol. The summed E-state index contributed by atoms with van der Waals surface area (Å²) in [6.07, 6.45) is 1.94. The summed E-state index contributed by atoms with van der Waals surface area (Å²) in [6, 6.07) is 51.1. The average Bonchev–Trinajstić information content (AvgIpc) is 3.78. The van der Waals surface area contributed by atoms with Crippen molar-refractivity contribution in [2.45, 2.75) is 105 Å². The summed E-state index contributed by atoms with van der Waals surface area (Å²) in [5, 5.41) is 2.33. The number of nitrogens with zero attached hydrogens (tertiary/aromatic N) is 4. The molecular formula is C58H62N4O. The third kappa shape index (κ3) is 8.10. The van der Waals surface area contributed by atoms with Crippen LogP contribution in [0.3, 0.4) is 0 Å². The van der Waals surface area contributed by atoms with Crippen LogP contribution in [0.1, 0.15) is 105 Å². The quantitative estimate of drug-likeness (QED) is 0.167. The first-order valence-electron chi connectivity index (χ1n) is 22.5. The summed E-state index contributed by atoms with van der Waals surface area (Å²) in [5.41, 5.74) is 14.6. The Morgan fingerprint density at radius 2 is 1.03 bits per heavy atom. The fraction of sp³-hybridized carbons (Fsp3) is 0.293. The van der Waals surface area contributed by atoms with Crippen LogP contribution in [-0.4, -0.2) is 16.2 Å². The van der Waals surface area contributed by atoms with E-state index in [1.165, 1.54) is 55.8 Å². The number of hydrogen-bond donors (Lipinski definition) is 0. The maximum Gasteiger partial charge on any atom is 0.137 e. The molecule has 0 atom stereocenters. The zero-order valence-electron chi connectivity index (χ0n) is 39.3. The van der Waals surface area contributed by atoms with Gasteiger partial charge in [-0.25, -0.2) is 4.98 Å². The molecule has 0 radical (unpaired) electrons. The molecule has 5 heteroatoms. The number of benzene rings is 6. The molecule has 1 aliphatic heterocycles. The average molecular weight is 831 g/mol. The molecule has 0 N–H and O–H groups in total. The number of pyridine rings is 1. The Morgan fingerprint density at radius 3 is 1.67 bits per heavy atom. The van der Waals surface area contributed by atoms with Gasteiger partial charge in [0.15, 0.2) is 0 Å². The van der Waals surface area contributed by atoms with E-state index in [1.54, 1.807) is 0 Å². The third-order valence-electron chi connectivity index (χ3n) is 12.7. The molecule has 3 heterocycles. The molecule has 6 aromatic carbocycles. The highest BCUT2D eigenvalue weighted by atomic mass is 16.5. The molecule has 0 saturated heterocycles. The van der Waals surface area contributed by atoms with Gasteiger partial charge in [0.25, 0.3) is 0 Å². The van der Waals surface area contributed by atoms with Crippen LogP contribution in [0.2, 0.25) is 0 Å². The van der Waals surface area contributed by atoms with Gasteiger partial charge in [-0.1, -0.05) is 138 Å². The number of para-hydroxylation sites is 2. The van der Waals surface area contributed by atoms with E-state index in [-0.39, 0.29) is 21.7 Å². The second-order valence-electron chi connectivity index (χ2n) is 21.6. The summed E-state index contributed by atoms with van der Waals surface area (Å²) in [5.74, 6) is 2.44. The van der Waals surface area contributed by atoms with Crippen LogP contribution in [0, 0.1) is 0 Å². The SMILES string of the molecule is CC(C)(C)c1ccc(-c2ccc3c(c2)c2ccc(Oc4cccc(N5CN(c6cc(C(C)(C)C)cc(C(C)(C)C)c6)c6ccccc65)c4)cc2n3-c2cc(C(C)(C)C)ccn2)cc1. The lowest BCUT2D eigenvalue weighted by atomic mass is 9.80. The minimum atomic E-state index is -0.0269. The van der Waals surface area contributed by atoms with E-state index >= 15 is 0 Å². The molecule has 0 amide bonds. The smallest absolute Gasteiger partial charge is 0.137 e. The van der Waals surface area contributed by atoms with E-state index in [4.69, 9.17) is 9.72 Å². The van der Waals surface area contributed by atoms with Gasteiger partial charge in [0.05, 0.1) is 22.4 Å². The van der Waals surface area contributed by atoms with E-state index < -0.39 is 0 Å². The lowest BCUT2D eigenvalue weighted by Gasteiger charge is -2.29. The van der Waals surface area contributed by atoms with E-state index in [0.717, 1.165) is 39.4 Å². The molecule has 63 heavy (non-hydrogen) atoms. The second kappa shape index (κ2) is 15.2. The zero-order valence-corrected chi connectivity index (χ0v) is 39.3. The Bertz CT molecular complexity index is 2970. The number of hydrogen-bond acceptors (Lipinski definition) is 4. The molecular weight excluding hydrogens is 769 g/mol. The Morgan fingerprint density at radius 1 is 0.429 bits per heavy atom. The summed E-state index contributed by atoms with van der Waals surface area (Å²) < 4.78 is 9.11. The van der Waals surface area contributed by atoms with Crippen molar-refractivity contribution in [2.75, 3.05) is 16.5 Å². The predicted molar refractivity (Wildman–Crippen MR) is 267 cm³/mol. The third-order valence-corrected chi connectivity index (χ3v) is 12.7. The fourth-order valence-corrected chi connectivity index (χ4v) is 8.80. The summed E-state index contributed by atoms with van der Waals surface area (Å²) in [4.78, 5) is 9.82. The first-order valence-corrected chi connectivity index (χ1v) is 22.5. The van der Waals surface area contributed by atoms with Crippen molar-refractivity contribution in [2.24, 2.45) is 0 Å². The van der Waals surface area contributed by atoms with E-state index in [0.29, 0.717) is 6.67 Å². The van der Waals surface area contributed by atoms with Crippen LogP contribution < -0.4 is 14.5 Å². The first-order chi connectivity index (χ1) is 29.7. The largest absolute Gasteiger partial charge is 0.457 e. The highest BCUT2D eigenvalue weighted by Crippen LogP contribution is 2.47. The Kier molecular flexibility index (Phi) is 10.1. The van der Waals surface area contributed by atoms with E-state index in [9.17, 15) is 0 Å². The van der Waals surface area contributed by atoms with Crippen LogP contribution in [-0.2, 0) is 21.7 Å². The molecule has 8 aromatic rings. The summed E-state index contributed by atoms with van der Waals surface area (Å²) in [7, 11) is 0. The van der Waals surface area contributed by atoms with E-state index in [1.807, 2.05) is 6.20 Å². The van der Waals surface area contributed by atoms with Gasteiger partial charge in [-0.3, -0.25) is 4.57 Å². The molecule has 9 rings (SSSR count). The molecule has 2 aromatic heterocycles. The van der Waals surface area contributed by atoms with Gasteiger partial charge in [-0.15, -0.1) is 0 Å². The van der Waals surface area contributed by atoms with Gasteiger partial charge in [-0.2, -0.15) is 0 Å². The van der Waals surface area contributed by atoms with Crippen LogP contribution in [0.4, 0.5) is 22.7 Å². The maximum atomic E-state index is 6.81. The van der Waals surface area contributed by atoms with Gasteiger partial charge >= 0.3 is 0 Å². The van der Waals surface area contributed by atoms with Gasteiger partial charge < -0.3 is 14.5 Å². The lowest BCUT2D eigenvalue weighted by molar-refractivity contribution is 0.483. The molecule has 320 valence electrons. The number of rotatable bonds is 6. The van der Waals surface area contributed by atoms with Crippen LogP contribution in [0.15, 0.2) is 146 Å². The molecule has 1 aliphatic rings. The standard InChI is InChI=1S/C58H62N4O/c1-55(2,3)40-23-20-38(21-24-40)39-22-27-50-49(30-39)48-26-25-47(36-53(48)62(50)54-34-41(28-29-59-54)56(4,5)6)63-46-17-15-16-44(35-46)60-37-61(52-19-14-13-18-51(52)60)45-32-42(57(7,8)9)31-43(33-45)58(10,11)12/h13-36H,37H2,1-12H3. The Balaban J connectivity index is 1.09. The van der Waals surface area contributed by atoms with Crippen molar-refractivity contribution < 1.29 is 4.74 Å². The molecule has 0 aliphatic carbocycles. The normalized spacial score (nSPS) is 13.6. The Labute approximate surface area is 375 Å². The molecule has 0 unspecified atom stereocenters. The van der Waals surface area contributed by atoms with Crippen molar-refractivity contribution in [3.05, 3.63) is 168 Å². The van der Waals surface area contributed by atoms with E-state index in [2.05, 4.69) is 237 Å². The number of anilines is 4. The first kappa shape index (κ1) is 42.0. The van der Waals surface area contributed by atoms with Gasteiger partial charge in [0, 0.05) is 40.5 Å². The predicted octanol–water partition coefficient (Wildman–Crippen LogP) is 16.1. The number of aromatic nitrogens is 2. The molecule has 5 nitrogen and oxygen atoms in total. The van der Waals surface area contributed by atoms with Gasteiger partial charge in [0.1, 0.15) is 24.0 Å². The topological polar surface area (TPSA) is 33.5 Å². The van der Waals surface area contributed by atoms with Crippen LogP contribution in [0.5, 0.6) is 11.5 Å². The van der Waals surface area contributed by atoms with Crippen molar-refractivity contribution in [1.82, 2.24) is 9.55 Å². The molecule has 0 fully saturated rings. The van der Waals surface area contributed by atoms with Crippen LogP contribution in [0.25, 0.3) is 38.8 Å². The fourth-order valence-electron chi connectivity index (χ4n) is 8.80. The number of ether oxygens (including phenoxy) is 1.